The Kier molecular flexibility index (Phi) is 3.88. The molecule has 0 atom stereocenters. The van der Waals surface area contributed by atoms with Crippen molar-refractivity contribution >= 4 is 0 Å². The van der Waals surface area contributed by atoms with E-state index in [0.717, 1.165) is 6.20 Å². The quantitative estimate of drug-likeness (QED) is 0.844. The summed E-state index contributed by atoms with van der Waals surface area (Å²) >= 11 is 0. The van der Waals surface area contributed by atoms with Crippen molar-refractivity contribution in [1.82, 2.24) is 9.97 Å². The number of aromatic nitrogens is 2. The molecule has 2 rings (SSSR count). The van der Waals surface area contributed by atoms with Crippen molar-refractivity contribution < 1.29 is 13.9 Å². The van der Waals surface area contributed by atoms with E-state index in [9.17, 15) is 4.39 Å². The summed E-state index contributed by atoms with van der Waals surface area (Å²) in [6.07, 6.45) is 3.87. The zero-order valence-corrected chi connectivity index (χ0v) is 10.1. The fraction of sp³-hybridized carbons (Fsp3) is 0.154. The Bertz CT molecular complexity index is 626. The molecular weight excluding hydrogens is 249 g/mol. The molecule has 0 spiro atoms. The van der Waals surface area contributed by atoms with E-state index >= 15 is 0 Å². The molecule has 0 N–H and O–H groups in total. The van der Waals surface area contributed by atoms with Gasteiger partial charge in [0.25, 0.3) is 5.88 Å². The first-order valence-corrected chi connectivity index (χ1v) is 5.54. The van der Waals surface area contributed by atoms with Crippen LogP contribution in [0, 0.1) is 17.1 Å². The second-order valence-corrected chi connectivity index (χ2v) is 3.51. The van der Waals surface area contributed by atoms with Gasteiger partial charge < -0.3 is 9.47 Å². The highest BCUT2D eigenvalue weighted by atomic mass is 19.1. The molecule has 0 bridgehead atoms. The lowest BCUT2D eigenvalue weighted by molar-refractivity contribution is 0.313. The van der Waals surface area contributed by atoms with Gasteiger partial charge in [-0.05, 0) is 6.92 Å². The van der Waals surface area contributed by atoms with Gasteiger partial charge in [0.05, 0.1) is 24.6 Å². The molecule has 19 heavy (non-hydrogen) atoms. The molecule has 5 nitrogen and oxygen atoms in total. The fourth-order valence-corrected chi connectivity index (χ4v) is 1.39. The lowest BCUT2D eigenvalue weighted by Gasteiger charge is -2.10. The van der Waals surface area contributed by atoms with Crippen LogP contribution in [-0.2, 0) is 0 Å². The lowest BCUT2D eigenvalue weighted by Crippen LogP contribution is -1.98. The number of nitrogens with zero attached hydrogens (tertiary/aromatic N) is 3. The number of nitriles is 1. The van der Waals surface area contributed by atoms with Gasteiger partial charge in [-0.25, -0.2) is 9.37 Å². The van der Waals surface area contributed by atoms with E-state index in [1.54, 1.807) is 6.92 Å². The van der Waals surface area contributed by atoms with Crippen LogP contribution in [0.5, 0.6) is 17.4 Å². The Morgan fingerprint density at radius 1 is 1.32 bits per heavy atom. The molecule has 2 aromatic heterocycles. The van der Waals surface area contributed by atoms with E-state index in [-0.39, 0.29) is 11.6 Å². The molecule has 96 valence electrons. The second-order valence-electron chi connectivity index (χ2n) is 3.51. The van der Waals surface area contributed by atoms with Gasteiger partial charge in [-0.15, -0.1) is 0 Å². The molecule has 0 fully saturated rings. The van der Waals surface area contributed by atoms with Crippen molar-refractivity contribution in [3.63, 3.8) is 0 Å². The summed E-state index contributed by atoms with van der Waals surface area (Å²) in [4.78, 5) is 7.67. The Morgan fingerprint density at radius 3 is 2.89 bits per heavy atom. The van der Waals surface area contributed by atoms with Gasteiger partial charge in [-0.1, -0.05) is 0 Å². The van der Waals surface area contributed by atoms with Gasteiger partial charge >= 0.3 is 0 Å². The van der Waals surface area contributed by atoms with Gasteiger partial charge in [0.2, 0.25) is 0 Å². The van der Waals surface area contributed by atoms with Crippen molar-refractivity contribution in [2.75, 3.05) is 6.61 Å². The molecule has 0 aliphatic carbocycles. The highest BCUT2D eigenvalue weighted by molar-refractivity contribution is 5.39. The third-order valence-corrected chi connectivity index (χ3v) is 2.14. The van der Waals surface area contributed by atoms with Crippen molar-refractivity contribution in [1.29, 1.82) is 5.26 Å². The van der Waals surface area contributed by atoms with Crippen LogP contribution in [-0.4, -0.2) is 16.6 Å². The van der Waals surface area contributed by atoms with E-state index in [1.165, 1.54) is 24.5 Å². The predicted octanol–water partition coefficient (Wildman–Crippen LogP) is 2.68. The monoisotopic (exact) mass is 259 g/mol. The van der Waals surface area contributed by atoms with Gasteiger partial charge in [0.15, 0.2) is 5.75 Å². The summed E-state index contributed by atoms with van der Waals surface area (Å²) in [5.74, 6) is 0.142. The maximum absolute atomic E-state index is 13.1. The molecule has 2 aromatic rings. The Balaban J connectivity index is 2.29. The van der Waals surface area contributed by atoms with Crippen LogP contribution in [0.3, 0.4) is 0 Å². The van der Waals surface area contributed by atoms with Crippen molar-refractivity contribution in [2.24, 2.45) is 0 Å². The molecule has 0 unspecified atom stereocenters. The molecular formula is C13H10FN3O2. The Morgan fingerprint density at radius 2 is 2.16 bits per heavy atom. The smallest absolute Gasteiger partial charge is 0.262 e. The van der Waals surface area contributed by atoms with Crippen LogP contribution < -0.4 is 9.47 Å². The molecule has 2 heterocycles. The minimum Gasteiger partial charge on any atom is -0.488 e. The van der Waals surface area contributed by atoms with E-state index in [0.29, 0.717) is 17.9 Å². The number of hydrogen-bond acceptors (Lipinski definition) is 5. The Labute approximate surface area is 109 Å². The van der Waals surface area contributed by atoms with E-state index in [2.05, 4.69) is 9.97 Å². The minimum atomic E-state index is -0.514. The van der Waals surface area contributed by atoms with Gasteiger partial charge in [-0.2, -0.15) is 5.26 Å². The van der Waals surface area contributed by atoms with E-state index in [1.807, 2.05) is 6.07 Å². The molecule has 0 saturated heterocycles. The molecule has 0 aliphatic rings. The van der Waals surface area contributed by atoms with E-state index < -0.39 is 5.82 Å². The maximum Gasteiger partial charge on any atom is 0.262 e. The number of halogens is 1. The van der Waals surface area contributed by atoms with Gasteiger partial charge in [0.1, 0.15) is 17.6 Å². The zero-order valence-electron chi connectivity index (χ0n) is 10.1. The third-order valence-electron chi connectivity index (χ3n) is 2.14. The SMILES string of the molecule is CCOc1cc(F)cnc1Oc1cncc(C#N)c1. The average molecular weight is 259 g/mol. The highest BCUT2D eigenvalue weighted by Crippen LogP contribution is 2.29. The van der Waals surface area contributed by atoms with Crippen molar-refractivity contribution in [2.45, 2.75) is 6.92 Å². The van der Waals surface area contributed by atoms with E-state index in [4.69, 9.17) is 14.7 Å². The van der Waals surface area contributed by atoms with Crippen LogP contribution in [0.15, 0.2) is 30.7 Å². The van der Waals surface area contributed by atoms with Crippen LogP contribution >= 0.6 is 0 Å². The lowest BCUT2D eigenvalue weighted by atomic mass is 10.3. The first kappa shape index (κ1) is 12.8. The van der Waals surface area contributed by atoms with Crippen LogP contribution in [0.4, 0.5) is 4.39 Å². The summed E-state index contributed by atoms with van der Waals surface area (Å²) in [7, 11) is 0. The summed E-state index contributed by atoms with van der Waals surface area (Å²) in [5.41, 5.74) is 0.359. The first-order valence-electron chi connectivity index (χ1n) is 5.54. The standard InChI is InChI=1S/C13H10FN3O2/c1-2-18-12-4-10(14)7-17-13(12)19-11-3-9(5-15)6-16-8-11/h3-4,6-8H,2H2,1H3. The average Bonchev–Trinajstić information content (AvgIpc) is 2.42. The fourth-order valence-electron chi connectivity index (χ4n) is 1.39. The minimum absolute atomic E-state index is 0.125. The second kappa shape index (κ2) is 5.78. The van der Waals surface area contributed by atoms with Crippen molar-refractivity contribution in [3.05, 3.63) is 42.1 Å². The zero-order chi connectivity index (χ0) is 13.7. The normalized spacial score (nSPS) is 9.74. The van der Waals surface area contributed by atoms with Gasteiger partial charge in [-0.3, -0.25) is 4.98 Å². The topological polar surface area (TPSA) is 68.0 Å². The van der Waals surface area contributed by atoms with Crippen molar-refractivity contribution in [3.8, 4) is 23.4 Å². The largest absolute Gasteiger partial charge is 0.488 e. The highest BCUT2D eigenvalue weighted by Gasteiger charge is 2.10. The number of ether oxygens (including phenoxy) is 2. The summed E-state index contributed by atoms with van der Waals surface area (Å²) in [5, 5.41) is 8.77. The summed E-state index contributed by atoms with van der Waals surface area (Å²) < 4.78 is 23.8. The van der Waals surface area contributed by atoms with Gasteiger partial charge in [0, 0.05) is 18.3 Å². The molecule has 0 aliphatic heterocycles. The third kappa shape index (κ3) is 3.16. The molecule has 0 aromatic carbocycles. The van der Waals surface area contributed by atoms with Crippen LogP contribution in [0.25, 0.3) is 0 Å². The van der Waals surface area contributed by atoms with Crippen LogP contribution in [0.1, 0.15) is 12.5 Å². The first-order chi connectivity index (χ1) is 9.22. The molecule has 6 heteroatoms. The number of hydrogen-bond donors (Lipinski definition) is 0. The maximum atomic E-state index is 13.1. The number of rotatable bonds is 4. The molecule has 0 amide bonds. The molecule has 0 radical (unpaired) electrons. The molecule has 0 saturated carbocycles. The van der Waals surface area contributed by atoms with Crippen LogP contribution in [0.2, 0.25) is 0 Å². The number of pyridine rings is 2. The predicted molar refractivity (Wildman–Crippen MR) is 64.4 cm³/mol. The Hall–Kier alpha value is -2.68. The summed E-state index contributed by atoms with van der Waals surface area (Å²) in [6.45, 7) is 2.13. The summed E-state index contributed by atoms with van der Waals surface area (Å²) in [6, 6.07) is 4.64.